The van der Waals surface area contributed by atoms with Crippen LogP contribution < -0.4 is 5.73 Å². The second-order valence-corrected chi connectivity index (χ2v) is 6.65. The van der Waals surface area contributed by atoms with Crippen LogP contribution in [-0.4, -0.2) is 9.67 Å². The number of anilines is 1. The fourth-order valence-corrected chi connectivity index (χ4v) is 3.26. The van der Waals surface area contributed by atoms with Crippen LogP contribution in [0.2, 0.25) is 0 Å². The van der Waals surface area contributed by atoms with Crippen LogP contribution >= 0.6 is 0 Å². The van der Waals surface area contributed by atoms with Gasteiger partial charge in [0.1, 0.15) is 5.75 Å². The van der Waals surface area contributed by atoms with Crippen LogP contribution in [0.3, 0.4) is 0 Å². The highest BCUT2D eigenvalue weighted by Crippen LogP contribution is 2.30. The molecule has 2 aromatic carbocycles. The van der Waals surface area contributed by atoms with E-state index >= 15 is 0 Å². The van der Waals surface area contributed by atoms with Crippen LogP contribution in [0.1, 0.15) is 42.1 Å². The number of fused-ring (bicyclic) bond motifs is 1. The van der Waals surface area contributed by atoms with Crippen molar-refractivity contribution in [3.63, 3.8) is 0 Å². The van der Waals surface area contributed by atoms with Gasteiger partial charge in [-0.3, -0.25) is 0 Å². The van der Waals surface area contributed by atoms with Crippen LogP contribution in [-0.2, 0) is 6.54 Å². The van der Waals surface area contributed by atoms with Crippen molar-refractivity contribution in [2.24, 2.45) is 0 Å². The van der Waals surface area contributed by atoms with Crippen LogP contribution in [0.5, 0.6) is 5.75 Å². The molecule has 0 atom stereocenters. The number of phenolic OH excluding ortho intramolecular Hbond substituents is 1. The SMILES string of the molecule is Cc1ccc(N)c2cc(C)n(Cc3ccc(O)c(C(C)C)c3)c12. The van der Waals surface area contributed by atoms with E-state index in [0.717, 1.165) is 23.2 Å². The van der Waals surface area contributed by atoms with Gasteiger partial charge in [-0.25, -0.2) is 0 Å². The first-order valence-corrected chi connectivity index (χ1v) is 8.05. The average molecular weight is 308 g/mol. The minimum atomic E-state index is 0.301. The lowest BCUT2D eigenvalue weighted by atomic mass is 9.99. The number of aromatic nitrogens is 1. The molecule has 1 heterocycles. The molecule has 0 aliphatic rings. The number of hydrogen-bond acceptors (Lipinski definition) is 2. The molecule has 0 amide bonds. The van der Waals surface area contributed by atoms with Gasteiger partial charge < -0.3 is 15.4 Å². The van der Waals surface area contributed by atoms with E-state index in [4.69, 9.17) is 5.73 Å². The van der Waals surface area contributed by atoms with Crippen LogP contribution in [0.25, 0.3) is 10.9 Å². The van der Waals surface area contributed by atoms with Crippen molar-refractivity contribution in [3.8, 4) is 5.75 Å². The quantitative estimate of drug-likeness (QED) is 0.688. The van der Waals surface area contributed by atoms with Gasteiger partial charge >= 0.3 is 0 Å². The summed E-state index contributed by atoms with van der Waals surface area (Å²) >= 11 is 0. The minimum absolute atomic E-state index is 0.301. The number of aromatic hydroxyl groups is 1. The molecule has 0 aliphatic heterocycles. The predicted octanol–water partition coefficient (Wildman–Crippen LogP) is 4.72. The first-order chi connectivity index (χ1) is 10.9. The molecular weight excluding hydrogens is 284 g/mol. The Morgan fingerprint density at radius 3 is 2.52 bits per heavy atom. The van der Waals surface area contributed by atoms with E-state index in [-0.39, 0.29) is 0 Å². The fourth-order valence-electron chi connectivity index (χ4n) is 3.26. The summed E-state index contributed by atoms with van der Waals surface area (Å²) in [4.78, 5) is 0. The lowest BCUT2D eigenvalue weighted by Gasteiger charge is -2.14. The van der Waals surface area contributed by atoms with Gasteiger partial charge in [-0.2, -0.15) is 0 Å². The van der Waals surface area contributed by atoms with Crippen LogP contribution in [0.4, 0.5) is 5.69 Å². The largest absolute Gasteiger partial charge is 0.508 e. The molecule has 3 nitrogen and oxygen atoms in total. The normalized spacial score (nSPS) is 11.5. The minimum Gasteiger partial charge on any atom is -0.508 e. The summed E-state index contributed by atoms with van der Waals surface area (Å²) < 4.78 is 2.30. The lowest BCUT2D eigenvalue weighted by Crippen LogP contribution is -2.03. The summed E-state index contributed by atoms with van der Waals surface area (Å²) in [6.07, 6.45) is 0. The molecule has 0 aliphatic carbocycles. The second-order valence-electron chi connectivity index (χ2n) is 6.65. The molecule has 23 heavy (non-hydrogen) atoms. The van der Waals surface area contributed by atoms with E-state index in [9.17, 15) is 5.11 Å². The molecule has 0 radical (unpaired) electrons. The smallest absolute Gasteiger partial charge is 0.119 e. The van der Waals surface area contributed by atoms with Gasteiger partial charge in [0.15, 0.2) is 0 Å². The van der Waals surface area contributed by atoms with Crippen molar-refractivity contribution in [3.05, 3.63) is 58.8 Å². The van der Waals surface area contributed by atoms with Crippen molar-refractivity contribution in [2.45, 2.75) is 40.2 Å². The van der Waals surface area contributed by atoms with Gasteiger partial charge in [0, 0.05) is 23.3 Å². The zero-order valence-electron chi connectivity index (χ0n) is 14.2. The second kappa shape index (κ2) is 5.65. The van der Waals surface area contributed by atoms with E-state index in [2.05, 4.69) is 50.5 Å². The van der Waals surface area contributed by atoms with E-state index in [0.29, 0.717) is 11.7 Å². The van der Waals surface area contributed by atoms with Gasteiger partial charge in [0.25, 0.3) is 0 Å². The monoisotopic (exact) mass is 308 g/mol. The molecule has 3 aromatic rings. The molecule has 3 N–H and O–H groups in total. The van der Waals surface area contributed by atoms with Crippen molar-refractivity contribution >= 4 is 16.6 Å². The van der Waals surface area contributed by atoms with Crippen LogP contribution in [0, 0.1) is 13.8 Å². The van der Waals surface area contributed by atoms with Gasteiger partial charge in [-0.1, -0.05) is 32.0 Å². The van der Waals surface area contributed by atoms with Crippen molar-refractivity contribution in [1.29, 1.82) is 0 Å². The Morgan fingerprint density at radius 1 is 1.09 bits per heavy atom. The Balaban J connectivity index is 2.11. The number of hydrogen-bond donors (Lipinski definition) is 2. The predicted molar refractivity (Wildman–Crippen MR) is 97.1 cm³/mol. The molecule has 0 bridgehead atoms. The van der Waals surface area contributed by atoms with Gasteiger partial charge in [-0.15, -0.1) is 0 Å². The molecule has 0 fully saturated rings. The summed E-state index contributed by atoms with van der Waals surface area (Å²) in [5.74, 6) is 0.674. The number of nitrogen functional groups attached to an aromatic ring is 1. The van der Waals surface area contributed by atoms with E-state index in [1.807, 2.05) is 12.1 Å². The fraction of sp³-hybridized carbons (Fsp3) is 0.300. The summed E-state index contributed by atoms with van der Waals surface area (Å²) in [6.45, 7) is 9.20. The maximum Gasteiger partial charge on any atom is 0.119 e. The van der Waals surface area contributed by atoms with Gasteiger partial charge in [0.05, 0.1) is 5.52 Å². The Bertz CT molecular complexity index is 875. The van der Waals surface area contributed by atoms with E-state index in [1.165, 1.54) is 22.3 Å². The summed E-state index contributed by atoms with van der Waals surface area (Å²) in [5, 5.41) is 11.1. The summed E-state index contributed by atoms with van der Waals surface area (Å²) in [7, 11) is 0. The first kappa shape index (κ1) is 15.5. The maximum atomic E-state index is 10.0. The van der Waals surface area contributed by atoms with Crippen molar-refractivity contribution in [2.75, 3.05) is 5.73 Å². The Kier molecular flexibility index (Phi) is 3.80. The van der Waals surface area contributed by atoms with Crippen molar-refractivity contribution < 1.29 is 5.11 Å². The molecule has 1 aromatic heterocycles. The molecule has 0 saturated heterocycles. The number of rotatable bonds is 3. The third kappa shape index (κ3) is 2.67. The summed E-state index contributed by atoms with van der Waals surface area (Å²) in [6, 6.07) is 12.1. The van der Waals surface area contributed by atoms with Gasteiger partial charge in [-0.05, 0) is 54.7 Å². The first-order valence-electron chi connectivity index (χ1n) is 8.05. The Labute approximate surface area is 137 Å². The standard InChI is InChI=1S/C20H24N2O/c1-12(2)16-10-15(6-8-19(16)23)11-22-14(4)9-17-18(21)7-5-13(3)20(17)22/h5-10,12,23H,11,21H2,1-4H3. The van der Waals surface area contributed by atoms with E-state index in [1.54, 1.807) is 6.07 Å². The third-order valence-corrected chi connectivity index (χ3v) is 4.56. The highest BCUT2D eigenvalue weighted by atomic mass is 16.3. The topological polar surface area (TPSA) is 51.2 Å². The Morgan fingerprint density at radius 2 is 1.83 bits per heavy atom. The third-order valence-electron chi connectivity index (χ3n) is 4.56. The number of nitrogens with two attached hydrogens (primary N) is 1. The highest BCUT2D eigenvalue weighted by molar-refractivity contribution is 5.94. The average Bonchev–Trinajstić information content (AvgIpc) is 2.83. The molecule has 120 valence electrons. The molecule has 3 rings (SSSR count). The molecular formula is C20H24N2O. The van der Waals surface area contributed by atoms with Crippen molar-refractivity contribution in [1.82, 2.24) is 4.57 Å². The summed E-state index contributed by atoms with van der Waals surface area (Å²) in [5.41, 5.74) is 12.8. The Hall–Kier alpha value is -2.42. The molecule has 3 heteroatoms. The number of phenols is 1. The molecule has 0 spiro atoms. The maximum absolute atomic E-state index is 10.0. The molecule has 0 saturated carbocycles. The zero-order valence-corrected chi connectivity index (χ0v) is 14.2. The zero-order chi connectivity index (χ0) is 16.7. The number of benzene rings is 2. The highest BCUT2D eigenvalue weighted by Gasteiger charge is 2.12. The van der Waals surface area contributed by atoms with Gasteiger partial charge in [0.2, 0.25) is 0 Å². The lowest BCUT2D eigenvalue weighted by molar-refractivity contribution is 0.464. The van der Waals surface area contributed by atoms with E-state index < -0.39 is 0 Å². The molecule has 0 unspecified atom stereocenters. The number of nitrogens with zero attached hydrogens (tertiary/aromatic N) is 1. The van der Waals surface area contributed by atoms with Crippen LogP contribution in [0.15, 0.2) is 36.4 Å². The number of aryl methyl sites for hydroxylation is 2.